The summed E-state index contributed by atoms with van der Waals surface area (Å²) in [4.78, 5) is 18.9. The number of rotatable bonds is 1. The molecule has 0 fully saturated rings. The number of fused-ring (bicyclic) bond motifs is 1. The standard InChI is InChI=1S/C8H8N4OS/c1-4(13)10-6-3-2-5-7(11-6)12-8(9)14-5/h2-3H,1H3,(H3,9,10,11,12,13). The van der Waals surface area contributed by atoms with E-state index >= 15 is 0 Å². The van der Waals surface area contributed by atoms with Crippen LogP contribution in [0.3, 0.4) is 0 Å². The third-order valence-corrected chi connectivity index (χ3v) is 2.41. The molecule has 0 aromatic carbocycles. The molecule has 0 unspecified atom stereocenters. The molecule has 2 aromatic heterocycles. The number of aromatic nitrogens is 2. The summed E-state index contributed by atoms with van der Waals surface area (Å²) in [5.74, 6) is 0.343. The fourth-order valence-corrected chi connectivity index (χ4v) is 1.76. The molecule has 0 radical (unpaired) electrons. The number of thiazole rings is 1. The molecule has 2 heterocycles. The monoisotopic (exact) mass is 208 g/mol. The Hall–Kier alpha value is -1.69. The zero-order valence-electron chi connectivity index (χ0n) is 7.44. The Bertz CT molecular complexity index is 493. The Morgan fingerprint density at radius 2 is 2.29 bits per heavy atom. The molecule has 6 heteroatoms. The van der Waals surface area contributed by atoms with Gasteiger partial charge in [0.1, 0.15) is 5.82 Å². The van der Waals surface area contributed by atoms with Gasteiger partial charge in [-0.05, 0) is 12.1 Å². The van der Waals surface area contributed by atoms with E-state index in [4.69, 9.17) is 5.73 Å². The number of hydrogen-bond acceptors (Lipinski definition) is 5. The molecular weight excluding hydrogens is 200 g/mol. The Balaban J connectivity index is 2.45. The summed E-state index contributed by atoms with van der Waals surface area (Å²) < 4.78 is 0.914. The van der Waals surface area contributed by atoms with Gasteiger partial charge >= 0.3 is 0 Å². The van der Waals surface area contributed by atoms with Crippen molar-refractivity contribution in [1.29, 1.82) is 0 Å². The molecule has 0 aliphatic carbocycles. The third-order valence-electron chi connectivity index (χ3n) is 1.57. The summed E-state index contributed by atoms with van der Waals surface area (Å²) in [5.41, 5.74) is 6.09. The number of carbonyl (C=O) groups is 1. The van der Waals surface area contributed by atoms with Gasteiger partial charge in [0, 0.05) is 6.92 Å². The van der Waals surface area contributed by atoms with E-state index in [0.29, 0.717) is 16.6 Å². The van der Waals surface area contributed by atoms with Gasteiger partial charge in [-0.1, -0.05) is 11.3 Å². The Morgan fingerprint density at radius 3 is 3.00 bits per heavy atom. The average molecular weight is 208 g/mol. The molecule has 72 valence electrons. The van der Waals surface area contributed by atoms with Crippen LogP contribution in [-0.2, 0) is 4.79 Å². The molecule has 0 aliphatic heterocycles. The highest BCUT2D eigenvalue weighted by Gasteiger charge is 2.03. The van der Waals surface area contributed by atoms with E-state index in [0.717, 1.165) is 4.70 Å². The topological polar surface area (TPSA) is 80.9 Å². The minimum atomic E-state index is -0.153. The lowest BCUT2D eigenvalue weighted by molar-refractivity contribution is -0.114. The van der Waals surface area contributed by atoms with Gasteiger partial charge in [0.25, 0.3) is 0 Å². The second-order valence-electron chi connectivity index (χ2n) is 2.75. The first-order valence-corrected chi connectivity index (χ1v) is 4.77. The van der Waals surface area contributed by atoms with Crippen LogP contribution in [0.1, 0.15) is 6.92 Å². The van der Waals surface area contributed by atoms with E-state index in [2.05, 4.69) is 15.3 Å². The van der Waals surface area contributed by atoms with Crippen LogP contribution < -0.4 is 11.1 Å². The molecule has 0 saturated heterocycles. The van der Waals surface area contributed by atoms with Crippen LogP contribution in [0.25, 0.3) is 10.3 Å². The van der Waals surface area contributed by atoms with Crippen LogP contribution in [0.2, 0.25) is 0 Å². The molecule has 0 bridgehead atoms. The number of carbonyl (C=O) groups excluding carboxylic acids is 1. The van der Waals surface area contributed by atoms with Crippen molar-refractivity contribution in [2.24, 2.45) is 0 Å². The van der Waals surface area contributed by atoms with Crippen molar-refractivity contribution >= 4 is 38.5 Å². The molecule has 0 atom stereocenters. The quantitative estimate of drug-likeness (QED) is 0.738. The maximum absolute atomic E-state index is 10.8. The maximum atomic E-state index is 10.8. The minimum Gasteiger partial charge on any atom is -0.375 e. The van der Waals surface area contributed by atoms with Crippen molar-refractivity contribution in [2.45, 2.75) is 6.92 Å². The zero-order chi connectivity index (χ0) is 10.1. The van der Waals surface area contributed by atoms with E-state index in [-0.39, 0.29) is 5.91 Å². The van der Waals surface area contributed by atoms with E-state index < -0.39 is 0 Å². The summed E-state index contributed by atoms with van der Waals surface area (Å²) in [6, 6.07) is 3.56. The van der Waals surface area contributed by atoms with Crippen LogP contribution in [0.4, 0.5) is 10.9 Å². The average Bonchev–Trinajstić information content (AvgIpc) is 2.42. The summed E-state index contributed by atoms with van der Waals surface area (Å²) in [6.45, 7) is 1.43. The smallest absolute Gasteiger partial charge is 0.222 e. The van der Waals surface area contributed by atoms with Gasteiger partial charge in [-0.3, -0.25) is 4.79 Å². The maximum Gasteiger partial charge on any atom is 0.222 e. The first-order chi connectivity index (χ1) is 6.65. The van der Waals surface area contributed by atoms with Gasteiger partial charge in [-0.25, -0.2) is 9.97 Å². The molecule has 14 heavy (non-hydrogen) atoms. The molecule has 2 rings (SSSR count). The molecule has 0 spiro atoms. The highest BCUT2D eigenvalue weighted by atomic mass is 32.1. The first-order valence-electron chi connectivity index (χ1n) is 3.96. The van der Waals surface area contributed by atoms with Crippen LogP contribution in [0, 0.1) is 0 Å². The van der Waals surface area contributed by atoms with Crippen molar-refractivity contribution in [1.82, 2.24) is 9.97 Å². The number of nitrogens with two attached hydrogens (primary N) is 1. The van der Waals surface area contributed by atoms with Crippen molar-refractivity contribution in [3.05, 3.63) is 12.1 Å². The predicted molar refractivity (Wildman–Crippen MR) is 56.1 cm³/mol. The lowest BCUT2D eigenvalue weighted by Gasteiger charge is -1.98. The van der Waals surface area contributed by atoms with Crippen molar-refractivity contribution in [3.63, 3.8) is 0 Å². The molecule has 1 amide bonds. The van der Waals surface area contributed by atoms with Crippen LogP contribution in [-0.4, -0.2) is 15.9 Å². The largest absolute Gasteiger partial charge is 0.375 e. The van der Waals surface area contributed by atoms with Crippen molar-refractivity contribution in [3.8, 4) is 0 Å². The second-order valence-corrected chi connectivity index (χ2v) is 3.81. The zero-order valence-corrected chi connectivity index (χ0v) is 8.26. The lowest BCUT2D eigenvalue weighted by Crippen LogP contribution is -2.06. The Kier molecular flexibility index (Phi) is 2.05. The van der Waals surface area contributed by atoms with Crippen molar-refractivity contribution < 1.29 is 4.79 Å². The number of pyridine rings is 1. The van der Waals surface area contributed by atoms with Gasteiger partial charge in [0.05, 0.1) is 4.70 Å². The molecule has 0 aliphatic rings. The van der Waals surface area contributed by atoms with Gasteiger partial charge in [0.2, 0.25) is 5.91 Å². The van der Waals surface area contributed by atoms with Gasteiger partial charge in [-0.15, -0.1) is 0 Å². The highest BCUT2D eigenvalue weighted by molar-refractivity contribution is 7.21. The Labute approximate surface area is 84.0 Å². The number of hydrogen-bond donors (Lipinski definition) is 2. The number of nitrogens with zero attached hydrogens (tertiary/aromatic N) is 2. The summed E-state index contributed by atoms with van der Waals surface area (Å²) in [5, 5.41) is 3.06. The molecular formula is C8H8N4OS. The van der Waals surface area contributed by atoms with E-state index in [1.165, 1.54) is 18.3 Å². The molecule has 5 nitrogen and oxygen atoms in total. The Morgan fingerprint density at radius 1 is 1.50 bits per heavy atom. The summed E-state index contributed by atoms with van der Waals surface area (Å²) in [7, 11) is 0. The van der Waals surface area contributed by atoms with Crippen molar-refractivity contribution in [2.75, 3.05) is 11.1 Å². The van der Waals surface area contributed by atoms with Crippen LogP contribution in [0.15, 0.2) is 12.1 Å². The molecule has 2 aromatic rings. The van der Waals surface area contributed by atoms with Gasteiger partial charge < -0.3 is 11.1 Å². The fraction of sp³-hybridized carbons (Fsp3) is 0.125. The number of nitrogens with one attached hydrogen (secondary N) is 1. The molecule has 0 saturated carbocycles. The van der Waals surface area contributed by atoms with E-state index in [1.54, 1.807) is 6.07 Å². The number of anilines is 2. The third kappa shape index (κ3) is 1.64. The van der Waals surface area contributed by atoms with Gasteiger partial charge in [0.15, 0.2) is 10.8 Å². The fourth-order valence-electron chi connectivity index (χ4n) is 1.09. The minimum absolute atomic E-state index is 0.153. The first kappa shape index (κ1) is 8.89. The van der Waals surface area contributed by atoms with Crippen LogP contribution >= 0.6 is 11.3 Å². The predicted octanol–water partition coefficient (Wildman–Crippen LogP) is 1.23. The number of nitrogen functional groups attached to an aromatic ring is 1. The second kappa shape index (κ2) is 3.22. The van der Waals surface area contributed by atoms with E-state index in [9.17, 15) is 4.79 Å². The van der Waals surface area contributed by atoms with E-state index in [1.807, 2.05) is 6.07 Å². The molecule has 3 N–H and O–H groups in total. The highest BCUT2D eigenvalue weighted by Crippen LogP contribution is 2.23. The van der Waals surface area contributed by atoms with Crippen LogP contribution in [0.5, 0.6) is 0 Å². The lowest BCUT2D eigenvalue weighted by atomic mass is 10.4. The SMILES string of the molecule is CC(=O)Nc1ccc2sc(N)nc2n1. The summed E-state index contributed by atoms with van der Waals surface area (Å²) in [6.07, 6.45) is 0. The van der Waals surface area contributed by atoms with Gasteiger partial charge in [-0.2, -0.15) is 0 Å². The normalized spacial score (nSPS) is 10.4. The summed E-state index contributed by atoms with van der Waals surface area (Å²) >= 11 is 1.37. The number of amides is 1.